The van der Waals surface area contributed by atoms with E-state index in [-0.39, 0.29) is 0 Å². The van der Waals surface area contributed by atoms with Crippen molar-refractivity contribution in [1.82, 2.24) is 4.57 Å². The van der Waals surface area contributed by atoms with Crippen LogP contribution in [0.4, 0.5) is 0 Å². The Kier molecular flexibility index (Phi) is 6.06. The Hall–Kier alpha value is -3.65. The maximum absolute atomic E-state index is 2.42. The van der Waals surface area contributed by atoms with Crippen LogP contribution in [0.25, 0.3) is 33.5 Å². The Morgan fingerprint density at radius 1 is 0.657 bits per heavy atom. The van der Waals surface area contributed by atoms with Crippen molar-refractivity contribution in [3.05, 3.63) is 114 Å². The topological polar surface area (TPSA) is 8.81 Å². The lowest BCUT2D eigenvalue weighted by atomic mass is 9.84. The number of para-hydroxylation sites is 3. The first-order chi connectivity index (χ1) is 16.9. The van der Waals surface area contributed by atoms with E-state index in [2.05, 4.69) is 142 Å². The first-order valence-electron chi connectivity index (χ1n) is 12.7. The molecule has 4 aromatic carbocycles. The SMILES string of the molecule is Cc1ccc(-c2c(C(C)C)cccc2C(C)C)cc1-[n+]1c(C)n(-c2ccccc2)c2ccccc21. The van der Waals surface area contributed by atoms with Gasteiger partial charge in [-0.05, 0) is 76.9 Å². The quantitative estimate of drug-likeness (QED) is 0.233. The largest absolute Gasteiger partial charge is 0.264 e. The standard InChI is InChI=1S/C33H35N2/c1-22(2)28-15-12-16-29(23(3)4)33(28)26-20-19-24(5)32(21-26)35-25(6)34(27-13-8-7-9-14-27)30-17-10-11-18-31(30)35/h7-23H,1-6H3/q+1. The molecule has 2 heteroatoms. The van der Waals surface area contributed by atoms with Crippen LogP contribution in [0, 0.1) is 13.8 Å². The second-order valence-corrected chi connectivity index (χ2v) is 10.2. The molecule has 0 aliphatic heterocycles. The lowest BCUT2D eigenvalue weighted by molar-refractivity contribution is -0.575. The molecule has 0 atom stereocenters. The van der Waals surface area contributed by atoms with Crippen LogP contribution in [-0.2, 0) is 0 Å². The van der Waals surface area contributed by atoms with Crippen LogP contribution in [0.5, 0.6) is 0 Å². The van der Waals surface area contributed by atoms with Gasteiger partial charge in [-0.3, -0.25) is 0 Å². The van der Waals surface area contributed by atoms with Crippen molar-refractivity contribution >= 4 is 11.0 Å². The zero-order valence-corrected chi connectivity index (χ0v) is 21.7. The Balaban J connectivity index is 1.80. The van der Waals surface area contributed by atoms with Crippen LogP contribution in [-0.4, -0.2) is 4.57 Å². The van der Waals surface area contributed by atoms with Gasteiger partial charge in [-0.25, -0.2) is 0 Å². The van der Waals surface area contributed by atoms with Crippen molar-refractivity contribution in [1.29, 1.82) is 0 Å². The average Bonchev–Trinajstić information content (AvgIpc) is 3.16. The van der Waals surface area contributed by atoms with Gasteiger partial charge in [0.2, 0.25) is 0 Å². The predicted molar refractivity (Wildman–Crippen MR) is 148 cm³/mol. The summed E-state index contributed by atoms with van der Waals surface area (Å²) >= 11 is 0. The van der Waals surface area contributed by atoms with Gasteiger partial charge < -0.3 is 0 Å². The van der Waals surface area contributed by atoms with E-state index >= 15 is 0 Å². The van der Waals surface area contributed by atoms with E-state index in [4.69, 9.17) is 0 Å². The fourth-order valence-corrected chi connectivity index (χ4v) is 5.39. The van der Waals surface area contributed by atoms with Crippen LogP contribution in [0.3, 0.4) is 0 Å². The number of fused-ring (bicyclic) bond motifs is 1. The highest BCUT2D eigenvalue weighted by atomic mass is 15.2. The number of nitrogens with zero attached hydrogens (tertiary/aromatic N) is 2. The number of benzene rings is 4. The van der Waals surface area contributed by atoms with E-state index in [1.54, 1.807) is 0 Å². The molecule has 0 radical (unpaired) electrons. The molecule has 0 saturated heterocycles. The van der Waals surface area contributed by atoms with Gasteiger partial charge in [0.15, 0.2) is 11.0 Å². The molecule has 0 spiro atoms. The van der Waals surface area contributed by atoms with E-state index in [1.165, 1.54) is 56.0 Å². The van der Waals surface area contributed by atoms with Crippen molar-refractivity contribution in [2.75, 3.05) is 0 Å². The molecule has 35 heavy (non-hydrogen) atoms. The van der Waals surface area contributed by atoms with Gasteiger partial charge in [-0.15, -0.1) is 0 Å². The predicted octanol–water partition coefficient (Wildman–Crippen LogP) is 8.44. The van der Waals surface area contributed by atoms with Crippen LogP contribution < -0.4 is 4.57 Å². The molecule has 176 valence electrons. The van der Waals surface area contributed by atoms with Gasteiger partial charge in [-0.1, -0.05) is 88.4 Å². The first-order valence-corrected chi connectivity index (χ1v) is 12.7. The Morgan fingerprint density at radius 3 is 1.94 bits per heavy atom. The van der Waals surface area contributed by atoms with Gasteiger partial charge in [0.1, 0.15) is 11.4 Å². The van der Waals surface area contributed by atoms with Gasteiger partial charge in [0.25, 0.3) is 5.82 Å². The average molecular weight is 460 g/mol. The minimum atomic E-state index is 0.461. The van der Waals surface area contributed by atoms with Gasteiger partial charge in [0.05, 0.1) is 0 Å². The fourth-order valence-electron chi connectivity index (χ4n) is 5.39. The number of hydrogen-bond donors (Lipinski definition) is 0. The summed E-state index contributed by atoms with van der Waals surface area (Å²) in [6, 6.07) is 33.2. The molecule has 1 aromatic heterocycles. The monoisotopic (exact) mass is 459 g/mol. The van der Waals surface area contributed by atoms with E-state index in [1.807, 2.05) is 0 Å². The summed E-state index contributed by atoms with van der Waals surface area (Å²) in [5.41, 5.74) is 11.6. The summed E-state index contributed by atoms with van der Waals surface area (Å²) in [7, 11) is 0. The minimum Gasteiger partial charge on any atom is -0.192 e. The molecular weight excluding hydrogens is 424 g/mol. The summed E-state index contributed by atoms with van der Waals surface area (Å²) in [6.07, 6.45) is 0. The third-order valence-electron chi connectivity index (χ3n) is 7.14. The molecule has 0 aliphatic rings. The Bertz CT molecular complexity index is 1480. The third kappa shape index (κ3) is 3.97. The van der Waals surface area contributed by atoms with Crippen molar-refractivity contribution in [3.63, 3.8) is 0 Å². The normalized spacial score (nSPS) is 11.7. The van der Waals surface area contributed by atoms with E-state index in [9.17, 15) is 0 Å². The molecule has 0 aliphatic carbocycles. The van der Waals surface area contributed by atoms with Gasteiger partial charge in [0, 0.05) is 6.92 Å². The molecule has 1 heterocycles. The summed E-state index contributed by atoms with van der Waals surface area (Å²) in [5.74, 6) is 2.12. The van der Waals surface area contributed by atoms with Crippen molar-refractivity contribution in [2.24, 2.45) is 0 Å². The number of aryl methyl sites for hydroxylation is 1. The smallest absolute Gasteiger partial charge is 0.192 e. The molecular formula is C33H35N2+. The molecule has 0 saturated carbocycles. The molecule has 0 unspecified atom stereocenters. The van der Waals surface area contributed by atoms with E-state index in [0.717, 1.165) is 0 Å². The number of imidazole rings is 1. The van der Waals surface area contributed by atoms with Crippen LogP contribution >= 0.6 is 0 Å². The number of aromatic nitrogens is 2. The van der Waals surface area contributed by atoms with Crippen LogP contribution in [0.15, 0.2) is 91.0 Å². The molecule has 5 aromatic rings. The summed E-state index contributed by atoms with van der Waals surface area (Å²) in [5, 5.41) is 0. The van der Waals surface area contributed by atoms with Crippen LogP contribution in [0.1, 0.15) is 62.0 Å². The van der Waals surface area contributed by atoms with Crippen molar-refractivity contribution < 1.29 is 4.57 Å². The lowest BCUT2D eigenvalue weighted by Crippen LogP contribution is -2.34. The van der Waals surface area contributed by atoms with E-state index in [0.29, 0.717) is 11.8 Å². The third-order valence-corrected chi connectivity index (χ3v) is 7.14. The maximum Gasteiger partial charge on any atom is 0.264 e. The number of hydrogen-bond acceptors (Lipinski definition) is 0. The molecule has 5 rings (SSSR count). The maximum atomic E-state index is 2.42. The highest BCUT2D eigenvalue weighted by molar-refractivity contribution is 5.77. The van der Waals surface area contributed by atoms with E-state index < -0.39 is 0 Å². The molecule has 2 nitrogen and oxygen atoms in total. The zero-order valence-electron chi connectivity index (χ0n) is 21.7. The summed E-state index contributed by atoms with van der Waals surface area (Å²) in [6.45, 7) is 13.6. The molecule has 0 bridgehead atoms. The summed E-state index contributed by atoms with van der Waals surface area (Å²) < 4.78 is 4.79. The highest BCUT2D eigenvalue weighted by Crippen LogP contribution is 2.37. The van der Waals surface area contributed by atoms with Crippen molar-refractivity contribution in [3.8, 4) is 22.5 Å². The van der Waals surface area contributed by atoms with Crippen molar-refractivity contribution in [2.45, 2.75) is 53.4 Å². The second-order valence-electron chi connectivity index (χ2n) is 10.2. The van der Waals surface area contributed by atoms with Gasteiger partial charge >= 0.3 is 0 Å². The Morgan fingerprint density at radius 2 is 1.29 bits per heavy atom. The second kappa shape index (κ2) is 9.19. The first kappa shape index (κ1) is 23.1. The molecule has 0 amide bonds. The lowest BCUT2D eigenvalue weighted by Gasteiger charge is -2.20. The minimum absolute atomic E-state index is 0.461. The fraction of sp³-hybridized carbons (Fsp3) is 0.242. The Labute approximate surface area is 209 Å². The summed E-state index contributed by atoms with van der Waals surface area (Å²) in [4.78, 5) is 0. The zero-order chi connectivity index (χ0) is 24.7. The van der Waals surface area contributed by atoms with Crippen LogP contribution in [0.2, 0.25) is 0 Å². The molecule has 0 N–H and O–H groups in total. The highest BCUT2D eigenvalue weighted by Gasteiger charge is 2.26. The van der Waals surface area contributed by atoms with Gasteiger partial charge in [-0.2, -0.15) is 9.13 Å². The number of rotatable bonds is 5. The molecule has 0 fully saturated rings.